The first-order valence-electron chi connectivity index (χ1n) is 8.04. The molecule has 0 bridgehead atoms. The molecule has 9 heteroatoms. The van der Waals surface area contributed by atoms with Gasteiger partial charge in [0.15, 0.2) is 0 Å². The van der Waals surface area contributed by atoms with Crippen molar-refractivity contribution in [2.24, 2.45) is 5.92 Å². The first-order valence-corrected chi connectivity index (χ1v) is 10.4. The zero-order valence-corrected chi connectivity index (χ0v) is 15.5. The minimum absolute atomic E-state index is 0.166. The van der Waals surface area contributed by atoms with Gasteiger partial charge in [0.05, 0.1) is 11.4 Å². The lowest BCUT2D eigenvalue weighted by Gasteiger charge is -2.30. The third-order valence-electron chi connectivity index (χ3n) is 4.19. The Morgan fingerprint density at radius 1 is 1.46 bits per heavy atom. The van der Waals surface area contributed by atoms with E-state index < -0.39 is 10.0 Å². The van der Waals surface area contributed by atoms with Crippen LogP contribution in [0.25, 0.3) is 0 Å². The van der Waals surface area contributed by atoms with E-state index >= 15 is 0 Å². The highest BCUT2D eigenvalue weighted by Crippen LogP contribution is 2.26. The zero-order valence-electron chi connectivity index (χ0n) is 13.9. The molecule has 1 aliphatic rings. The number of nitrogens with one attached hydrogen (secondary N) is 1. The number of unbranched alkanes of at least 4 members (excludes halogenated alkanes) is 1. The average Bonchev–Trinajstić information content (AvgIpc) is 2.92. The third kappa shape index (κ3) is 4.32. The predicted molar refractivity (Wildman–Crippen MR) is 93.2 cm³/mol. The molecule has 24 heavy (non-hydrogen) atoms. The summed E-state index contributed by atoms with van der Waals surface area (Å²) in [6.07, 6.45) is 2.49. The van der Waals surface area contributed by atoms with Crippen molar-refractivity contribution in [3.63, 3.8) is 0 Å². The van der Waals surface area contributed by atoms with Gasteiger partial charge in [-0.1, -0.05) is 13.3 Å². The summed E-state index contributed by atoms with van der Waals surface area (Å²) in [5.41, 5.74) is 1.00. The van der Waals surface area contributed by atoms with Crippen molar-refractivity contribution in [3.05, 3.63) is 11.3 Å². The van der Waals surface area contributed by atoms with Crippen LogP contribution in [-0.4, -0.2) is 41.8 Å². The Balaban J connectivity index is 1.92. The summed E-state index contributed by atoms with van der Waals surface area (Å²) in [5.74, 6) is -0.233. The van der Waals surface area contributed by atoms with Gasteiger partial charge in [-0.25, -0.2) is 12.7 Å². The molecule has 132 valence electrons. The highest BCUT2D eigenvalue weighted by Gasteiger charge is 2.31. The molecule has 0 saturated carbocycles. The molecule has 0 radical (unpaired) electrons. The Bertz CT molecular complexity index is 728. The lowest BCUT2D eigenvalue weighted by molar-refractivity contribution is -0.120. The minimum Gasteiger partial charge on any atom is -0.315 e. The summed E-state index contributed by atoms with van der Waals surface area (Å²) in [4.78, 5) is 12.4. The van der Waals surface area contributed by atoms with Crippen LogP contribution >= 0.6 is 11.5 Å². The van der Waals surface area contributed by atoms with Gasteiger partial charge in [-0.2, -0.15) is 9.64 Å². The van der Waals surface area contributed by atoms with E-state index in [4.69, 9.17) is 5.26 Å². The lowest BCUT2D eigenvalue weighted by atomic mass is 9.97. The molecule has 1 amide bonds. The Kier molecular flexibility index (Phi) is 6.32. The number of nitrogens with zero attached hydrogens (tertiary/aromatic N) is 3. The van der Waals surface area contributed by atoms with Crippen molar-refractivity contribution in [1.82, 2.24) is 8.68 Å². The molecule has 0 unspecified atom stereocenters. The molecule has 0 atom stereocenters. The summed E-state index contributed by atoms with van der Waals surface area (Å²) >= 11 is 1.10. The summed E-state index contributed by atoms with van der Waals surface area (Å²) in [6, 6.07) is 2.04. The van der Waals surface area contributed by atoms with Gasteiger partial charge in [0.1, 0.15) is 16.6 Å². The number of aryl methyl sites for hydroxylation is 1. The van der Waals surface area contributed by atoms with E-state index in [0.717, 1.165) is 18.0 Å². The van der Waals surface area contributed by atoms with E-state index in [1.54, 1.807) is 6.92 Å². The SMILES string of the molecule is CCCCS(=O)(=O)N1CCC(C(=O)Nc2snc(C)c2C#N)CC1. The van der Waals surface area contributed by atoms with Gasteiger partial charge < -0.3 is 5.32 Å². The highest BCUT2D eigenvalue weighted by atomic mass is 32.2. The second-order valence-corrected chi connectivity index (χ2v) is 8.78. The first-order chi connectivity index (χ1) is 11.4. The Labute approximate surface area is 146 Å². The quantitative estimate of drug-likeness (QED) is 0.826. The molecular weight excluding hydrogens is 348 g/mol. The van der Waals surface area contributed by atoms with Crippen molar-refractivity contribution in [2.45, 2.75) is 39.5 Å². The van der Waals surface area contributed by atoms with Crippen molar-refractivity contribution in [1.29, 1.82) is 5.26 Å². The van der Waals surface area contributed by atoms with E-state index in [0.29, 0.717) is 48.6 Å². The second-order valence-electron chi connectivity index (χ2n) is 5.92. The smallest absolute Gasteiger partial charge is 0.228 e. The fourth-order valence-electron chi connectivity index (χ4n) is 2.65. The highest BCUT2D eigenvalue weighted by molar-refractivity contribution is 7.89. The number of anilines is 1. The molecule has 2 rings (SSSR count). The van der Waals surface area contributed by atoms with E-state index in [9.17, 15) is 13.2 Å². The largest absolute Gasteiger partial charge is 0.315 e. The van der Waals surface area contributed by atoms with E-state index in [2.05, 4.69) is 9.69 Å². The molecule has 0 aliphatic carbocycles. The predicted octanol–water partition coefficient (Wildman–Crippen LogP) is 2.10. The van der Waals surface area contributed by atoms with Crippen LogP contribution in [0.15, 0.2) is 0 Å². The molecule has 1 fully saturated rings. The maximum atomic E-state index is 12.4. The van der Waals surface area contributed by atoms with Crippen molar-refractivity contribution in [2.75, 3.05) is 24.2 Å². The van der Waals surface area contributed by atoms with Crippen LogP contribution in [0.2, 0.25) is 0 Å². The van der Waals surface area contributed by atoms with Crippen LogP contribution in [0.5, 0.6) is 0 Å². The maximum Gasteiger partial charge on any atom is 0.228 e. The third-order valence-corrected chi connectivity index (χ3v) is 7.00. The van der Waals surface area contributed by atoms with E-state index in [1.165, 1.54) is 4.31 Å². The molecule has 2 heterocycles. The summed E-state index contributed by atoms with van der Waals surface area (Å²) in [6.45, 7) is 4.43. The number of aromatic nitrogens is 1. The van der Waals surface area contributed by atoms with Gasteiger partial charge in [-0.3, -0.25) is 4.79 Å². The number of carbonyl (C=O) groups excluding carboxylic acids is 1. The van der Waals surface area contributed by atoms with Gasteiger partial charge in [0.2, 0.25) is 15.9 Å². The van der Waals surface area contributed by atoms with Crippen LogP contribution in [-0.2, 0) is 14.8 Å². The molecular formula is C15H22N4O3S2. The fraction of sp³-hybridized carbons (Fsp3) is 0.667. The number of nitriles is 1. The minimum atomic E-state index is -3.21. The molecule has 1 aromatic heterocycles. The Morgan fingerprint density at radius 2 is 2.12 bits per heavy atom. The van der Waals surface area contributed by atoms with Crippen LogP contribution in [0.4, 0.5) is 5.00 Å². The monoisotopic (exact) mass is 370 g/mol. The number of piperidine rings is 1. The first kappa shape index (κ1) is 18.8. The average molecular weight is 371 g/mol. The summed E-state index contributed by atoms with van der Waals surface area (Å²) in [5, 5.41) is 12.3. The van der Waals surface area contributed by atoms with Gasteiger partial charge in [-0.05, 0) is 37.7 Å². The fourth-order valence-corrected chi connectivity index (χ4v) is 5.08. The molecule has 1 aromatic rings. The van der Waals surface area contributed by atoms with Crippen LogP contribution < -0.4 is 5.32 Å². The summed E-state index contributed by atoms with van der Waals surface area (Å²) in [7, 11) is -3.21. The zero-order chi connectivity index (χ0) is 17.7. The normalized spacial score (nSPS) is 16.7. The molecule has 0 aromatic carbocycles. The summed E-state index contributed by atoms with van der Waals surface area (Å²) < 4.78 is 29.9. The number of carbonyl (C=O) groups is 1. The number of hydrogen-bond donors (Lipinski definition) is 1. The van der Waals surface area contributed by atoms with Gasteiger partial charge in [0.25, 0.3) is 0 Å². The Morgan fingerprint density at radius 3 is 2.71 bits per heavy atom. The Hall–Kier alpha value is -1.50. The molecule has 1 saturated heterocycles. The number of sulfonamides is 1. The van der Waals surface area contributed by atoms with E-state index in [1.807, 2.05) is 13.0 Å². The number of amides is 1. The molecule has 1 N–H and O–H groups in total. The standard InChI is InChI=1S/C15H22N4O3S2/c1-3-4-9-24(21,22)19-7-5-12(6-8-19)14(20)17-15-13(10-16)11(2)18-23-15/h12H,3-9H2,1-2H3,(H,17,20). The topological polar surface area (TPSA) is 103 Å². The molecule has 7 nitrogen and oxygen atoms in total. The van der Waals surface area contributed by atoms with E-state index in [-0.39, 0.29) is 17.6 Å². The van der Waals surface area contributed by atoms with Crippen LogP contribution in [0, 0.1) is 24.2 Å². The maximum absolute atomic E-state index is 12.4. The van der Waals surface area contributed by atoms with Crippen molar-refractivity contribution >= 4 is 32.5 Å². The van der Waals surface area contributed by atoms with Gasteiger partial charge in [0, 0.05) is 19.0 Å². The lowest BCUT2D eigenvalue weighted by Crippen LogP contribution is -2.42. The van der Waals surface area contributed by atoms with Crippen molar-refractivity contribution in [3.8, 4) is 6.07 Å². The number of rotatable bonds is 6. The number of hydrogen-bond acceptors (Lipinski definition) is 6. The molecule has 1 aliphatic heterocycles. The van der Waals surface area contributed by atoms with Crippen LogP contribution in [0.1, 0.15) is 43.9 Å². The van der Waals surface area contributed by atoms with Crippen LogP contribution in [0.3, 0.4) is 0 Å². The molecule has 0 spiro atoms. The van der Waals surface area contributed by atoms with Gasteiger partial charge >= 0.3 is 0 Å². The van der Waals surface area contributed by atoms with Crippen molar-refractivity contribution < 1.29 is 13.2 Å². The second kappa shape index (κ2) is 8.05. The van der Waals surface area contributed by atoms with Gasteiger partial charge in [-0.15, -0.1) is 0 Å².